The number of benzene rings is 3. The van der Waals surface area contributed by atoms with Crippen molar-refractivity contribution in [3.63, 3.8) is 0 Å². The van der Waals surface area contributed by atoms with Crippen LogP contribution in [0.5, 0.6) is 0 Å². The Bertz CT molecular complexity index is 1300. The summed E-state index contributed by atoms with van der Waals surface area (Å²) in [5, 5.41) is 1.55. The Hall–Kier alpha value is -2.55. The minimum Gasteiger partial charge on any atom is -0.219 e. The van der Waals surface area contributed by atoms with Crippen LogP contribution in [0.3, 0.4) is 0 Å². The van der Waals surface area contributed by atoms with E-state index < -0.39 is 30.6 Å². The molecule has 156 valence electrons. The van der Waals surface area contributed by atoms with Gasteiger partial charge in [-0.1, -0.05) is 63.9 Å². The molecule has 0 saturated heterocycles. The molecule has 0 spiro atoms. The molecule has 0 saturated carbocycles. The molecule has 30 heavy (non-hydrogen) atoms. The molecule has 3 aromatic carbocycles. The topological polar surface area (TPSA) is 75.9 Å². The Labute approximate surface area is 181 Å². The lowest BCUT2D eigenvalue weighted by atomic mass is 10.2. The fraction of sp³-hybridized carbons (Fsp3) is 0.0909. The summed E-state index contributed by atoms with van der Waals surface area (Å²) < 4.78 is 48.2. The van der Waals surface area contributed by atoms with Gasteiger partial charge in [-0.15, -0.1) is 3.77 Å². The largest absolute Gasteiger partial charge is 0.291 e. The van der Waals surface area contributed by atoms with Crippen LogP contribution < -0.4 is 0 Å². The molecular formula is C22H22N2O3S3. The van der Waals surface area contributed by atoms with Crippen molar-refractivity contribution in [3.05, 3.63) is 102 Å². The van der Waals surface area contributed by atoms with Crippen molar-refractivity contribution in [1.29, 1.82) is 0 Å². The van der Waals surface area contributed by atoms with Gasteiger partial charge in [0, 0.05) is 4.90 Å². The first kappa shape index (κ1) is 22.1. The van der Waals surface area contributed by atoms with Crippen LogP contribution in [-0.2, 0) is 30.6 Å². The molecule has 0 amide bonds. The average Bonchev–Trinajstić information content (AvgIpc) is 2.73. The predicted octanol–water partition coefficient (Wildman–Crippen LogP) is 5.44. The zero-order valence-electron chi connectivity index (χ0n) is 16.6. The number of hydrogen-bond acceptors (Lipinski definition) is 3. The van der Waals surface area contributed by atoms with Gasteiger partial charge in [0.2, 0.25) is 9.92 Å². The van der Waals surface area contributed by atoms with E-state index in [4.69, 9.17) is 0 Å². The summed E-state index contributed by atoms with van der Waals surface area (Å²) >= 11 is 0. The van der Waals surface area contributed by atoms with E-state index in [1.807, 2.05) is 44.2 Å². The van der Waals surface area contributed by atoms with Crippen molar-refractivity contribution in [2.75, 3.05) is 0 Å². The molecule has 0 unspecified atom stereocenters. The van der Waals surface area contributed by atoms with E-state index in [-0.39, 0.29) is 9.79 Å². The predicted molar refractivity (Wildman–Crippen MR) is 123 cm³/mol. The van der Waals surface area contributed by atoms with E-state index in [0.717, 1.165) is 16.0 Å². The molecule has 3 rings (SSSR count). The molecule has 0 bridgehead atoms. The van der Waals surface area contributed by atoms with E-state index in [0.29, 0.717) is 0 Å². The number of rotatable bonds is 6. The maximum Gasteiger partial charge on any atom is 0.291 e. The summed E-state index contributed by atoms with van der Waals surface area (Å²) in [4.78, 5) is 0.982. The third-order valence-corrected chi connectivity index (χ3v) is 10.0. The van der Waals surface area contributed by atoms with E-state index in [1.165, 1.54) is 12.1 Å². The van der Waals surface area contributed by atoms with Crippen LogP contribution in [0.25, 0.3) is 0 Å². The van der Waals surface area contributed by atoms with E-state index in [2.05, 4.69) is 14.1 Å². The van der Waals surface area contributed by atoms with Crippen LogP contribution in [0, 0.1) is 13.8 Å². The molecule has 0 aliphatic carbocycles. The Morgan fingerprint density at radius 1 is 0.767 bits per heavy atom. The van der Waals surface area contributed by atoms with Crippen molar-refractivity contribution in [1.82, 2.24) is 0 Å². The first-order valence-electron chi connectivity index (χ1n) is 9.04. The maximum atomic E-state index is 13.9. The summed E-state index contributed by atoms with van der Waals surface area (Å²) in [5.41, 5.74) is 1.86. The molecule has 0 N–H and O–H groups in total. The van der Waals surface area contributed by atoms with Crippen molar-refractivity contribution >= 4 is 30.6 Å². The number of nitrogens with zero attached hydrogens (tertiary/aromatic N) is 2. The Balaban J connectivity index is 2.27. The summed E-state index contributed by atoms with van der Waals surface area (Å²) in [5.74, 6) is 0. The monoisotopic (exact) mass is 458 g/mol. The lowest BCUT2D eigenvalue weighted by Gasteiger charge is -2.09. The fourth-order valence-corrected chi connectivity index (χ4v) is 8.05. The quantitative estimate of drug-likeness (QED) is 0.494. The van der Waals surface area contributed by atoms with Gasteiger partial charge >= 0.3 is 0 Å². The van der Waals surface area contributed by atoms with Gasteiger partial charge in [0.1, 0.15) is 0 Å². The van der Waals surface area contributed by atoms with Gasteiger partial charge in [-0.3, -0.25) is 0 Å². The number of sulfonamides is 1. The summed E-state index contributed by atoms with van der Waals surface area (Å²) in [6, 6.07) is 22.2. The average molecular weight is 459 g/mol. The van der Waals surface area contributed by atoms with Crippen LogP contribution >= 0.6 is 0 Å². The van der Waals surface area contributed by atoms with Gasteiger partial charge < -0.3 is 0 Å². The molecule has 8 heteroatoms. The highest BCUT2D eigenvalue weighted by molar-refractivity contribution is 8.07. The van der Waals surface area contributed by atoms with E-state index >= 15 is 0 Å². The molecule has 0 radical (unpaired) electrons. The standard InChI is InChI=1S/C22H22N2O3S3/c1-4-28(20-8-6-5-7-9-20)23-29(25,21-14-10-18(2)11-15-21)24-30(26,27)22-16-12-19(3)13-17-22/h4-17H,1H2,2-3H3/t28-,29+/m1/s1. The molecular weight excluding hydrogens is 436 g/mol. The lowest BCUT2D eigenvalue weighted by molar-refractivity contribution is 0.598. The smallest absolute Gasteiger partial charge is 0.219 e. The van der Waals surface area contributed by atoms with Crippen LogP contribution in [0.1, 0.15) is 11.1 Å². The summed E-state index contributed by atoms with van der Waals surface area (Å²) in [6.45, 7) is 7.54. The van der Waals surface area contributed by atoms with Crippen molar-refractivity contribution < 1.29 is 12.6 Å². The van der Waals surface area contributed by atoms with Gasteiger partial charge in [0.25, 0.3) is 10.0 Å². The van der Waals surface area contributed by atoms with Gasteiger partial charge in [0.05, 0.1) is 9.79 Å². The molecule has 0 aliphatic rings. The Kier molecular flexibility index (Phi) is 6.70. The van der Waals surface area contributed by atoms with Crippen molar-refractivity contribution in [2.45, 2.75) is 28.5 Å². The Morgan fingerprint density at radius 2 is 1.27 bits per heavy atom. The van der Waals surface area contributed by atoms with E-state index in [1.54, 1.807) is 41.8 Å². The second-order valence-electron chi connectivity index (χ2n) is 6.54. The SMILES string of the molecule is C=C/[S@@](=N/[S@](=O)(=NS(=O)(=O)c1ccc(C)cc1)c1ccc(C)cc1)c1ccccc1. The van der Waals surface area contributed by atoms with Crippen LogP contribution in [0.4, 0.5) is 0 Å². The highest BCUT2D eigenvalue weighted by atomic mass is 32.3. The lowest BCUT2D eigenvalue weighted by Crippen LogP contribution is -2.06. The number of hydrogen-bond donors (Lipinski definition) is 0. The summed E-state index contributed by atoms with van der Waals surface area (Å²) in [6.07, 6.45) is 0. The first-order valence-corrected chi connectivity index (χ1v) is 13.2. The summed E-state index contributed by atoms with van der Waals surface area (Å²) in [7, 11) is -8.87. The fourth-order valence-electron chi connectivity index (χ4n) is 2.54. The second-order valence-corrected chi connectivity index (χ2v) is 12.1. The zero-order chi connectivity index (χ0) is 21.8. The number of aryl methyl sites for hydroxylation is 2. The van der Waals surface area contributed by atoms with Gasteiger partial charge in [-0.2, -0.15) is 8.42 Å². The maximum absolute atomic E-state index is 13.9. The normalized spacial score (nSPS) is 14.6. The third kappa shape index (κ3) is 5.13. The molecule has 0 heterocycles. The van der Waals surface area contributed by atoms with Gasteiger partial charge in [-0.05, 0) is 66.3 Å². The zero-order valence-corrected chi connectivity index (χ0v) is 19.1. The minimum absolute atomic E-state index is 0.0265. The second kappa shape index (κ2) is 9.07. The highest BCUT2D eigenvalue weighted by Crippen LogP contribution is 2.24. The van der Waals surface area contributed by atoms with E-state index in [9.17, 15) is 12.6 Å². The molecule has 3 aromatic rings. The van der Waals surface area contributed by atoms with Crippen LogP contribution in [0.2, 0.25) is 0 Å². The molecule has 0 aliphatic heterocycles. The molecule has 5 nitrogen and oxygen atoms in total. The Morgan fingerprint density at radius 3 is 1.77 bits per heavy atom. The molecule has 2 atom stereocenters. The highest BCUT2D eigenvalue weighted by Gasteiger charge is 2.21. The first-order chi connectivity index (χ1) is 14.2. The van der Waals surface area contributed by atoms with Crippen molar-refractivity contribution in [3.8, 4) is 0 Å². The van der Waals surface area contributed by atoms with Crippen molar-refractivity contribution in [2.24, 2.45) is 7.54 Å². The minimum atomic E-state index is -4.20. The molecule has 0 aromatic heterocycles. The van der Waals surface area contributed by atoms with Crippen LogP contribution in [-0.4, -0.2) is 12.6 Å². The molecule has 0 fully saturated rings. The van der Waals surface area contributed by atoms with Gasteiger partial charge in [-0.25, -0.2) is 4.21 Å². The van der Waals surface area contributed by atoms with Crippen LogP contribution in [0.15, 0.2) is 113 Å². The van der Waals surface area contributed by atoms with Gasteiger partial charge in [0.15, 0.2) is 0 Å². The third-order valence-electron chi connectivity index (χ3n) is 4.17.